The number of hydrogen-bond donors (Lipinski definition) is 1. The fraction of sp³-hybridized carbons (Fsp3) is 0.462. The fourth-order valence-electron chi connectivity index (χ4n) is 1.71. The number of benzene rings is 1. The Morgan fingerprint density at radius 2 is 1.94 bits per heavy atom. The zero-order valence-corrected chi connectivity index (χ0v) is 11.0. The first-order valence-electron chi connectivity index (χ1n) is 5.70. The molecule has 2 rings (SSSR count). The number of rotatable bonds is 1. The van der Waals surface area contributed by atoms with Gasteiger partial charge in [0.05, 0.1) is 6.42 Å². The monoisotopic (exact) mass is 239 g/mol. The Hall–Kier alpha value is -1.02. The van der Waals surface area contributed by atoms with Crippen LogP contribution in [-0.2, 0) is 11.2 Å². The van der Waals surface area contributed by atoms with Gasteiger partial charge in [-0.25, -0.2) is 0 Å². The van der Waals surface area contributed by atoms with E-state index in [2.05, 4.69) is 19.2 Å². The quantitative estimate of drug-likeness (QED) is 0.789. The van der Waals surface area contributed by atoms with E-state index in [9.17, 15) is 4.79 Å². The van der Waals surface area contributed by atoms with Gasteiger partial charge in [0.15, 0.2) is 0 Å². The molecule has 0 atom stereocenters. The van der Waals surface area contributed by atoms with Crippen molar-refractivity contribution in [1.29, 1.82) is 0 Å². The van der Waals surface area contributed by atoms with E-state index in [0.29, 0.717) is 12.3 Å². The summed E-state index contributed by atoms with van der Waals surface area (Å²) < 4.78 is 0. The third-order valence-corrected chi connectivity index (χ3v) is 2.80. The highest BCUT2D eigenvalue weighted by atomic mass is 35.5. The molecule has 1 amide bonds. The smallest absolute Gasteiger partial charge is 0.228 e. The molecule has 0 saturated carbocycles. The SMILES string of the molecule is CC.CC(C)c1cc2c(cc1Cl)NC(=O)C2. The standard InChI is InChI=1S/C11H12ClNO.C2H6/c1-6(2)8-3-7-4-11(14)13-10(7)5-9(8)12;1-2/h3,5-6H,4H2,1-2H3,(H,13,14);1-2H3. The molecule has 16 heavy (non-hydrogen) atoms. The molecule has 1 aliphatic rings. The minimum absolute atomic E-state index is 0.0528. The molecule has 1 aliphatic heterocycles. The van der Waals surface area contributed by atoms with Gasteiger partial charge in [-0.1, -0.05) is 45.4 Å². The van der Waals surface area contributed by atoms with Crippen LogP contribution >= 0.6 is 11.6 Å². The van der Waals surface area contributed by atoms with E-state index in [1.807, 2.05) is 26.0 Å². The summed E-state index contributed by atoms with van der Waals surface area (Å²) in [5.41, 5.74) is 3.04. The molecule has 1 aromatic carbocycles. The van der Waals surface area contributed by atoms with E-state index in [-0.39, 0.29) is 5.91 Å². The van der Waals surface area contributed by atoms with Gasteiger partial charge in [0.25, 0.3) is 0 Å². The molecule has 1 heterocycles. The Bertz CT molecular complexity index is 399. The lowest BCUT2D eigenvalue weighted by molar-refractivity contribution is -0.115. The average Bonchev–Trinajstić information content (AvgIpc) is 2.58. The molecule has 88 valence electrons. The van der Waals surface area contributed by atoms with Crippen LogP contribution in [0, 0.1) is 0 Å². The van der Waals surface area contributed by atoms with Gasteiger partial charge in [0, 0.05) is 10.7 Å². The molecule has 0 saturated heterocycles. The summed E-state index contributed by atoms with van der Waals surface area (Å²) in [5.74, 6) is 0.445. The van der Waals surface area contributed by atoms with Gasteiger partial charge in [-0.15, -0.1) is 0 Å². The van der Waals surface area contributed by atoms with E-state index >= 15 is 0 Å². The average molecular weight is 240 g/mol. The van der Waals surface area contributed by atoms with Crippen LogP contribution in [0.4, 0.5) is 5.69 Å². The first-order valence-corrected chi connectivity index (χ1v) is 6.08. The van der Waals surface area contributed by atoms with Crippen molar-refractivity contribution in [3.05, 3.63) is 28.3 Å². The zero-order chi connectivity index (χ0) is 12.3. The Morgan fingerprint density at radius 1 is 1.31 bits per heavy atom. The van der Waals surface area contributed by atoms with Gasteiger partial charge in [-0.05, 0) is 23.1 Å². The summed E-state index contributed by atoms with van der Waals surface area (Å²) in [7, 11) is 0. The predicted molar refractivity (Wildman–Crippen MR) is 69.2 cm³/mol. The second-order valence-corrected chi connectivity index (χ2v) is 4.32. The van der Waals surface area contributed by atoms with Gasteiger partial charge in [0.2, 0.25) is 5.91 Å². The Balaban J connectivity index is 0.000000606. The number of carbonyl (C=O) groups is 1. The molecule has 0 bridgehead atoms. The molecule has 2 nitrogen and oxygen atoms in total. The maximum atomic E-state index is 11.1. The summed E-state index contributed by atoms with van der Waals surface area (Å²) in [6.07, 6.45) is 0.478. The van der Waals surface area contributed by atoms with Crippen LogP contribution in [0.25, 0.3) is 0 Å². The number of halogens is 1. The number of carbonyl (C=O) groups excluding carboxylic acids is 1. The largest absolute Gasteiger partial charge is 0.325 e. The van der Waals surface area contributed by atoms with Gasteiger partial charge in [0.1, 0.15) is 0 Å². The summed E-state index contributed by atoms with van der Waals surface area (Å²) in [6.45, 7) is 8.19. The number of anilines is 1. The molecule has 0 fully saturated rings. The number of amides is 1. The van der Waals surface area contributed by atoms with Crippen molar-refractivity contribution < 1.29 is 4.79 Å². The van der Waals surface area contributed by atoms with E-state index in [1.54, 1.807) is 0 Å². The summed E-state index contributed by atoms with van der Waals surface area (Å²) in [5, 5.41) is 3.52. The molecule has 1 aromatic rings. The molecular formula is C13H18ClNO. The van der Waals surface area contributed by atoms with E-state index in [1.165, 1.54) is 0 Å². The van der Waals surface area contributed by atoms with E-state index in [0.717, 1.165) is 21.8 Å². The molecule has 3 heteroatoms. The first-order chi connectivity index (χ1) is 7.58. The van der Waals surface area contributed by atoms with Gasteiger partial charge >= 0.3 is 0 Å². The lowest BCUT2D eigenvalue weighted by atomic mass is 9.99. The highest BCUT2D eigenvalue weighted by Crippen LogP contribution is 2.33. The van der Waals surface area contributed by atoms with Crippen molar-refractivity contribution in [1.82, 2.24) is 0 Å². The minimum Gasteiger partial charge on any atom is -0.325 e. The number of fused-ring (bicyclic) bond motifs is 1. The fourth-order valence-corrected chi connectivity index (χ4v) is 2.09. The summed E-state index contributed by atoms with van der Waals surface area (Å²) in [4.78, 5) is 11.1. The third kappa shape index (κ3) is 2.56. The molecular weight excluding hydrogens is 222 g/mol. The Kier molecular flexibility index (Phi) is 4.36. The van der Waals surface area contributed by atoms with Gasteiger partial charge in [-0.2, -0.15) is 0 Å². The van der Waals surface area contributed by atoms with Crippen molar-refractivity contribution in [2.24, 2.45) is 0 Å². The zero-order valence-electron chi connectivity index (χ0n) is 10.2. The van der Waals surface area contributed by atoms with Crippen LogP contribution in [0.5, 0.6) is 0 Å². The number of nitrogens with one attached hydrogen (secondary N) is 1. The van der Waals surface area contributed by atoms with Crippen LogP contribution in [0.3, 0.4) is 0 Å². The van der Waals surface area contributed by atoms with E-state index < -0.39 is 0 Å². The molecule has 0 aliphatic carbocycles. The first kappa shape index (κ1) is 13.0. The molecule has 0 aromatic heterocycles. The molecule has 0 radical (unpaired) electrons. The highest BCUT2D eigenvalue weighted by Gasteiger charge is 2.20. The van der Waals surface area contributed by atoms with Crippen LogP contribution < -0.4 is 5.32 Å². The normalized spacial score (nSPS) is 13.0. The van der Waals surface area contributed by atoms with Crippen LogP contribution in [-0.4, -0.2) is 5.91 Å². The van der Waals surface area contributed by atoms with Gasteiger partial charge < -0.3 is 5.32 Å². The maximum absolute atomic E-state index is 11.1. The van der Waals surface area contributed by atoms with Crippen molar-refractivity contribution >= 4 is 23.2 Å². The van der Waals surface area contributed by atoms with Crippen LogP contribution in [0.2, 0.25) is 5.02 Å². The summed E-state index contributed by atoms with van der Waals surface area (Å²) in [6, 6.07) is 3.87. The number of hydrogen-bond acceptors (Lipinski definition) is 1. The van der Waals surface area contributed by atoms with Crippen molar-refractivity contribution in [3.63, 3.8) is 0 Å². The second-order valence-electron chi connectivity index (χ2n) is 3.91. The van der Waals surface area contributed by atoms with Crippen LogP contribution in [0.1, 0.15) is 44.7 Å². The third-order valence-electron chi connectivity index (χ3n) is 2.47. The molecule has 1 N–H and O–H groups in total. The maximum Gasteiger partial charge on any atom is 0.228 e. The Morgan fingerprint density at radius 3 is 2.50 bits per heavy atom. The van der Waals surface area contributed by atoms with E-state index in [4.69, 9.17) is 11.6 Å². The molecule has 0 unspecified atom stereocenters. The van der Waals surface area contributed by atoms with Crippen molar-refractivity contribution in [2.75, 3.05) is 5.32 Å². The summed E-state index contributed by atoms with van der Waals surface area (Å²) >= 11 is 6.10. The van der Waals surface area contributed by atoms with Crippen molar-refractivity contribution in [2.45, 2.75) is 40.0 Å². The molecule has 0 spiro atoms. The van der Waals surface area contributed by atoms with Gasteiger partial charge in [-0.3, -0.25) is 4.79 Å². The minimum atomic E-state index is 0.0528. The highest BCUT2D eigenvalue weighted by molar-refractivity contribution is 6.32. The topological polar surface area (TPSA) is 29.1 Å². The van der Waals surface area contributed by atoms with Crippen LogP contribution in [0.15, 0.2) is 12.1 Å². The second kappa shape index (κ2) is 5.35. The Labute approximate surface area is 102 Å². The van der Waals surface area contributed by atoms with Crippen molar-refractivity contribution in [3.8, 4) is 0 Å². The predicted octanol–water partition coefficient (Wildman–Crippen LogP) is 3.98. The lowest BCUT2D eigenvalue weighted by Crippen LogP contribution is -2.03. The lowest BCUT2D eigenvalue weighted by Gasteiger charge is -2.10.